The van der Waals surface area contributed by atoms with Crippen LogP contribution < -0.4 is 5.32 Å². The molecule has 0 aliphatic heterocycles. The van der Waals surface area contributed by atoms with Crippen LogP contribution in [0.2, 0.25) is 0 Å². The fraction of sp³-hybridized carbons (Fsp3) is 0.727. The van der Waals surface area contributed by atoms with Gasteiger partial charge in [0.25, 0.3) is 0 Å². The van der Waals surface area contributed by atoms with Gasteiger partial charge in [0.15, 0.2) is 0 Å². The van der Waals surface area contributed by atoms with Crippen molar-refractivity contribution in [1.29, 1.82) is 0 Å². The highest BCUT2D eigenvalue weighted by atomic mass is 16.1. The van der Waals surface area contributed by atoms with Crippen LogP contribution in [0.3, 0.4) is 0 Å². The summed E-state index contributed by atoms with van der Waals surface area (Å²) in [5.74, 6) is 0.398. The summed E-state index contributed by atoms with van der Waals surface area (Å²) in [7, 11) is 0. The van der Waals surface area contributed by atoms with Crippen LogP contribution in [0.15, 0.2) is 12.7 Å². The van der Waals surface area contributed by atoms with E-state index < -0.39 is 0 Å². The summed E-state index contributed by atoms with van der Waals surface area (Å²) in [6, 6.07) is 0. The Morgan fingerprint density at radius 2 is 2.38 bits per heavy atom. The van der Waals surface area contributed by atoms with Crippen LogP contribution in [0.4, 0.5) is 0 Å². The first-order valence-corrected chi connectivity index (χ1v) is 4.96. The number of carbonyl (C=O) groups is 1. The Morgan fingerprint density at radius 1 is 1.69 bits per heavy atom. The molecule has 13 heavy (non-hydrogen) atoms. The van der Waals surface area contributed by atoms with Crippen LogP contribution in [-0.4, -0.2) is 12.5 Å². The van der Waals surface area contributed by atoms with Gasteiger partial charge in [0, 0.05) is 12.5 Å². The summed E-state index contributed by atoms with van der Waals surface area (Å²) < 4.78 is 0. The minimum Gasteiger partial charge on any atom is -0.352 e. The van der Waals surface area contributed by atoms with Crippen LogP contribution in [-0.2, 0) is 4.79 Å². The molecule has 1 N–H and O–H groups in total. The first-order valence-electron chi connectivity index (χ1n) is 4.96. The summed E-state index contributed by atoms with van der Waals surface area (Å²) in [5.41, 5.74) is 0.186. The summed E-state index contributed by atoms with van der Waals surface area (Å²) in [4.78, 5) is 11.7. The molecule has 0 radical (unpaired) electrons. The van der Waals surface area contributed by atoms with E-state index in [-0.39, 0.29) is 17.2 Å². The van der Waals surface area contributed by atoms with E-state index in [0.717, 1.165) is 6.42 Å². The zero-order valence-corrected chi connectivity index (χ0v) is 8.60. The highest BCUT2D eigenvalue weighted by Crippen LogP contribution is 2.42. The van der Waals surface area contributed by atoms with Crippen molar-refractivity contribution in [2.24, 2.45) is 11.3 Å². The topological polar surface area (TPSA) is 29.1 Å². The lowest BCUT2D eigenvalue weighted by Crippen LogP contribution is -2.36. The molecular weight excluding hydrogens is 162 g/mol. The van der Waals surface area contributed by atoms with Crippen LogP contribution in [0.25, 0.3) is 0 Å². The van der Waals surface area contributed by atoms with Crippen molar-refractivity contribution in [1.82, 2.24) is 5.32 Å². The Morgan fingerprint density at radius 3 is 2.85 bits per heavy atom. The van der Waals surface area contributed by atoms with E-state index in [1.807, 2.05) is 0 Å². The first-order chi connectivity index (χ1) is 6.08. The molecule has 74 valence electrons. The monoisotopic (exact) mass is 181 g/mol. The predicted molar refractivity (Wildman–Crippen MR) is 54.3 cm³/mol. The molecule has 1 atom stereocenters. The molecule has 2 nitrogen and oxygen atoms in total. The van der Waals surface area contributed by atoms with Crippen molar-refractivity contribution < 1.29 is 4.79 Å². The lowest BCUT2D eigenvalue weighted by Gasteiger charge is -2.25. The number of nitrogens with one attached hydrogen (secondary N) is 1. The SMILES string of the molecule is C=CCNC(=O)C1CCCC1(C)C. The lowest BCUT2D eigenvalue weighted by molar-refractivity contribution is -0.127. The number of rotatable bonds is 3. The molecule has 0 aromatic carbocycles. The Kier molecular flexibility index (Phi) is 3.12. The van der Waals surface area contributed by atoms with Gasteiger partial charge in [-0.3, -0.25) is 4.79 Å². The molecule has 1 fully saturated rings. The number of hydrogen-bond acceptors (Lipinski definition) is 1. The Hall–Kier alpha value is -0.790. The van der Waals surface area contributed by atoms with Gasteiger partial charge in [0.2, 0.25) is 5.91 Å². The van der Waals surface area contributed by atoms with Gasteiger partial charge >= 0.3 is 0 Å². The first kappa shape index (κ1) is 10.3. The largest absolute Gasteiger partial charge is 0.352 e. The van der Waals surface area contributed by atoms with Crippen molar-refractivity contribution in [2.45, 2.75) is 33.1 Å². The Labute approximate surface area is 80.4 Å². The third-order valence-electron chi connectivity index (χ3n) is 2.99. The number of hydrogen-bond donors (Lipinski definition) is 1. The van der Waals surface area contributed by atoms with E-state index in [2.05, 4.69) is 25.7 Å². The van der Waals surface area contributed by atoms with Crippen molar-refractivity contribution in [3.05, 3.63) is 12.7 Å². The average molecular weight is 181 g/mol. The molecule has 1 saturated carbocycles. The molecule has 0 heterocycles. The van der Waals surface area contributed by atoms with Crippen molar-refractivity contribution in [3.8, 4) is 0 Å². The second kappa shape index (κ2) is 3.95. The summed E-state index contributed by atoms with van der Waals surface area (Å²) in [6.45, 7) is 8.53. The maximum atomic E-state index is 11.7. The normalized spacial score (nSPS) is 25.5. The van der Waals surface area contributed by atoms with E-state index in [9.17, 15) is 4.79 Å². The van der Waals surface area contributed by atoms with E-state index in [0.29, 0.717) is 6.54 Å². The van der Waals surface area contributed by atoms with Gasteiger partial charge in [-0.25, -0.2) is 0 Å². The molecule has 1 aliphatic rings. The van der Waals surface area contributed by atoms with Gasteiger partial charge in [-0.05, 0) is 18.3 Å². The maximum absolute atomic E-state index is 11.7. The van der Waals surface area contributed by atoms with E-state index in [4.69, 9.17) is 0 Å². The van der Waals surface area contributed by atoms with Crippen LogP contribution in [0.1, 0.15) is 33.1 Å². The molecule has 0 spiro atoms. The van der Waals surface area contributed by atoms with Crippen molar-refractivity contribution in [2.75, 3.05) is 6.54 Å². The van der Waals surface area contributed by atoms with Gasteiger partial charge in [-0.2, -0.15) is 0 Å². The number of carbonyl (C=O) groups excluding carboxylic acids is 1. The molecule has 2 heteroatoms. The average Bonchev–Trinajstić information content (AvgIpc) is 2.41. The highest BCUT2D eigenvalue weighted by molar-refractivity contribution is 5.79. The maximum Gasteiger partial charge on any atom is 0.223 e. The van der Waals surface area contributed by atoms with Gasteiger partial charge < -0.3 is 5.32 Å². The minimum atomic E-state index is 0.186. The number of amides is 1. The summed E-state index contributed by atoms with van der Waals surface area (Å²) in [6.07, 6.45) is 5.11. The Bertz CT molecular complexity index is 208. The molecule has 1 unspecified atom stereocenters. The lowest BCUT2D eigenvalue weighted by atomic mass is 9.81. The molecule has 0 aromatic rings. The third-order valence-corrected chi connectivity index (χ3v) is 2.99. The van der Waals surface area contributed by atoms with Gasteiger partial charge in [0.1, 0.15) is 0 Å². The fourth-order valence-electron chi connectivity index (χ4n) is 2.11. The highest BCUT2D eigenvalue weighted by Gasteiger charge is 2.38. The minimum absolute atomic E-state index is 0.186. The fourth-order valence-corrected chi connectivity index (χ4v) is 2.11. The molecule has 1 aliphatic carbocycles. The van der Waals surface area contributed by atoms with Crippen molar-refractivity contribution >= 4 is 5.91 Å². The molecular formula is C11H19NO. The van der Waals surface area contributed by atoms with Gasteiger partial charge in [-0.1, -0.05) is 26.3 Å². The van der Waals surface area contributed by atoms with E-state index in [1.54, 1.807) is 6.08 Å². The molecule has 1 amide bonds. The molecule has 1 rings (SSSR count). The van der Waals surface area contributed by atoms with Gasteiger partial charge in [0.05, 0.1) is 0 Å². The Balaban J connectivity index is 2.51. The van der Waals surface area contributed by atoms with Crippen LogP contribution >= 0.6 is 0 Å². The summed E-state index contributed by atoms with van der Waals surface area (Å²) >= 11 is 0. The quantitative estimate of drug-likeness (QED) is 0.664. The van der Waals surface area contributed by atoms with Crippen molar-refractivity contribution in [3.63, 3.8) is 0 Å². The second-order valence-corrected chi connectivity index (χ2v) is 4.47. The summed E-state index contributed by atoms with van der Waals surface area (Å²) in [5, 5.41) is 2.87. The molecule has 0 aromatic heterocycles. The smallest absolute Gasteiger partial charge is 0.223 e. The van der Waals surface area contributed by atoms with Gasteiger partial charge in [-0.15, -0.1) is 6.58 Å². The zero-order chi connectivity index (χ0) is 9.90. The van der Waals surface area contributed by atoms with E-state index in [1.165, 1.54) is 12.8 Å². The standard InChI is InChI=1S/C11H19NO/c1-4-8-12-10(13)9-6-5-7-11(9,2)3/h4,9H,1,5-8H2,2-3H3,(H,12,13). The van der Waals surface area contributed by atoms with Crippen LogP contribution in [0, 0.1) is 11.3 Å². The zero-order valence-electron chi connectivity index (χ0n) is 8.60. The van der Waals surface area contributed by atoms with Crippen LogP contribution in [0.5, 0.6) is 0 Å². The third kappa shape index (κ3) is 2.33. The molecule has 0 saturated heterocycles. The second-order valence-electron chi connectivity index (χ2n) is 4.47. The predicted octanol–water partition coefficient (Wildman–Crippen LogP) is 2.11. The van der Waals surface area contributed by atoms with E-state index >= 15 is 0 Å². The molecule has 0 bridgehead atoms.